The highest BCUT2D eigenvalue weighted by atomic mass is 32.1. The second kappa shape index (κ2) is 3.99. The Morgan fingerprint density at radius 1 is 1.35 bits per heavy atom. The third-order valence-corrected chi connectivity index (χ3v) is 2.91. The van der Waals surface area contributed by atoms with Crippen LogP contribution in [-0.4, -0.2) is 20.9 Å². The van der Waals surface area contributed by atoms with Crippen molar-refractivity contribution in [1.82, 2.24) is 15.0 Å². The molecule has 0 spiro atoms. The van der Waals surface area contributed by atoms with Crippen LogP contribution in [0, 0.1) is 0 Å². The Morgan fingerprint density at radius 2 is 2.29 bits per heavy atom. The molecule has 0 aliphatic rings. The molecule has 3 aromatic heterocycles. The van der Waals surface area contributed by atoms with Crippen LogP contribution in [0.3, 0.4) is 0 Å². The summed E-state index contributed by atoms with van der Waals surface area (Å²) in [6.07, 6.45) is 4.84. The number of esters is 1. The zero-order valence-corrected chi connectivity index (χ0v) is 9.40. The number of thiazole rings is 1. The number of aromatic nitrogens is 3. The lowest BCUT2D eigenvalue weighted by Crippen LogP contribution is -2.07. The molecule has 0 amide bonds. The number of rotatable bonds is 2. The molecule has 0 fully saturated rings. The molecular formula is C11H7N3O2S. The predicted molar refractivity (Wildman–Crippen MR) is 63.2 cm³/mol. The number of fused-ring (bicyclic) bond motifs is 1. The van der Waals surface area contributed by atoms with E-state index in [0.717, 1.165) is 5.39 Å². The lowest BCUT2D eigenvalue weighted by molar-refractivity contribution is 0.0736. The smallest absolute Gasteiger partial charge is 0.347 e. The van der Waals surface area contributed by atoms with Crippen molar-refractivity contribution in [2.75, 3.05) is 0 Å². The molecule has 0 unspecified atom stereocenters. The first-order chi connectivity index (χ1) is 8.34. The van der Waals surface area contributed by atoms with E-state index < -0.39 is 5.97 Å². The molecule has 84 valence electrons. The zero-order valence-electron chi connectivity index (χ0n) is 8.58. The van der Waals surface area contributed by atoms with Crippen LogP contribution in [0.2, 0.25) is 0 Å². The van der Waals surface area contributed by atoms with Crippen molar-refractivity contribution < 1.29 is 9.53 Å². The van der Waals surface area contributed by atoms with Gasteiger partial charge in [0.2, 0.25) is 0 Å². The molecule has 0 aromatic carbocycles. The number of aromatic amines is 1. The SMILES string of the molecule is O=C(Oc1nccs1)c1c[nH]c2ncccc12. The van der Waals surface area contributed by atoms with Crippen LogP contribution in [-0.2, 0) is 0 Å². The lowest BCUT2D eigenvalue weighted by atomic mass is 10.2. The van der Waals surface area contributed by atoms with Crippen LogP contribution in [0.1, 0.15) is 10.4 Å². The molecule has 1 N–H and O–H groups in total. The third-order valence-electron chi connectivity index (χ3n) is 2.26. The average molecular weight is 245 g/mol. The number of nitrogens with zero attached hydrogens (tertiary/aromatic N) is 2. The Kier molecular flexibility index (Phi) is 2.34. The van der Waals surface area contributed by atoms with Crippen molar-refractivity contribution in [2.24, 2.45) is 0 Å². The fourth-order valence-corrected chi connectivity index (χ4v) is 2.00. The van der Waals surface area contributed by atoms with Gasteiger partial charge in [0, 0.05) is 29.4 Å². The highest BCUT2D eigenvalue weighted by Gasteiger charge is 2.15. The molecule has 0 bridgehead atoms. The minimum absolute atomic E-state index is 0.341. The molecule has 0 radical (unpaired) electrons. The average Bonchev–Trinajstić information content (AvgIpc) is 2.96. The molecule has 3 rings (SSSR count). The van der Waals surface area contributed by atoms with Crippen molar-refractivity contribution in [3.63, 3.8) is 0 Å². The zero-order chi connectivity index (χ0) is 11.7. The normalized spacial score (nSPS) is 10.6. The lowest BCUT2D eigenvalue weighted by Gasteiger charge is -1.98. The first kappa shape index (κ1) is 9.98. The van der Waals surface area contributed by atoms with Gasteiger partial charge in [-0.25, -0.2) is 14.8 Å². The summed E-state index contributed by atoms with van der Waals surface area (Å²) in [6.45, 7) is 0. The van der Waals surface area contributed by atoms with Crippen molar-refractivity contribution >= 4 is 28.3 Å². The summed E-state index contributed by atoms with van der Waals surface area (Å²) in [5.41, 5.74) is 1.13. The summed E-state index contributed by atoms with van der Waals surface area (Å²) in [6, 6.07) is 3.59. The molecule has 17 heavy (non-hydrogen) atoms. The van der Waals surface area contributed by atoms with Crippen molar-refractivity contribution in [2.45, 2.75) is 0 Å². The maximum absolute atomic E-state index is 11.9. The largest absolute Gasteiger partial charge is 0.394 e. The van der Waals surface area contributed by atoms with Crippen LogP contribution < -0.4 is 4.74 Å². The van der Waals surface area contributed by atoms with E-state index in [1.807, 2.05) is 6.07 Å². The number of carbonyl (C=O) groups excluding carboxylic acids is 1. The maximum atomic E-state index is 11.9. The first-order valence-corrected chi connectivity index (χ1v) is 5.76. The van der Waals surface area contributed by atoms with Crippen LogP contribution in [0.4, 0.5) is 0 Å². The molecular weight excluding hydrogens is 238 g/mol. The van der Waals surface area contributed by atoms with Crippen molar-refractivity contribution in [3.8, 4) is 5.19 Å². The summed E-state index contributed by atoms with van der Waals surface area (Å²) in [5, 5.41) is 2.83. The van der Waals surface area contributed by atoms with E-state index in [-0.39, 0.29) is 0 Å². The van der Waals surface area contributed by atoms with E-state index in [2.05, 4.69) is 15.0 Å². The number of hydrogen-bond donors (Lipinski definition) is 1. The third kappa shape index (κ3) is 1.78. The Bertz CT molecular complexity index is 660. The van der Waals surface area contributed by atoms with Gasteiger partial charge in [-0.15, -0.1) is 0 Å². The monoisotopic (exact) mass is 245 g/mol. The number of H-pyrrole nitrogens is 1. The van der Waals surface area contributed by atoms with Crippen LogP contribution in [0.5, 0.6) is 5.19 Å². The number of carbonyl (C=O) groups is 1. The minimum Gasteiger partial charge on any atom is -0.394 e. The van der Waals surface area contributed by atoms with Gasteiger partial charge in [-0.1, -0.05) is 11.3 Å². The van der Waals surface area contributed by atoms with Gasteiger partial charge in [-0.2, -0.15) is 0 Å². The number of ether oxygens (including phenoxy) is 1. The summed E-state index contributed by atoms with van der Waals surface area (Å²) >= 11 is 1.27. The molecule has 3 aromatic rings. The number of pyridine rings is 1. The summed E-state index contributed by atoms with van der Waals surface area (Å²) in [5.74, 6) is -0.431. The summed E-state index contributed by atoms with van der Waals surface area (Å²) < 4.78 is 5.13. The van der Waals surface area contributed by atoms with E-state index in [1.54, 1.807) is 30.0 Å². The Morgan fingerprint density at radius 3 is 3.12 bits per heavy atom. The predicted octanol–water partition coefficient (Wildman–Crippen LogP) is 2.24. The van der Waals surface area contributed by atoms with Gasteiger partial charge in [0.15, 0.2) is 0 Å². The Labute approximate surface area is 100 Å². The standard InChI is InChI=1S/C11H7N3O2S/c15-10(16-11-13-4-5-17-11)8-6-14-9-7(8)2-1-3-12-9/h1-6H,(H,12,14). The molecule has 5 nitrogen and oxygen atoms in total. The molecule has 0 aliphatic heterocycles. The van der Waals surface area contributed by atoms with Gasteiger partial charge in [0.25, 0.3) is 5.19 Å². The quantitative estimate of drug-likeness (QED) is 0.703. The molecule has 3 heterocycles. The van der Waals surface area contributed by atoms with Gasteiger partial charge >= 0.3 is 5.97 Å². The molecule has 0 saturated carbocycles. The molecule has 0 atom stereocenters. The van der Waals surface area contributed by atoms with Crippen LogP contribution in [0.15, 0.2) is 36.1 Å². The summed E-state index contributed by atoms with van der Waals surface area (Å²) in [4.78, 5) is 22.8. The summed E-state index contributed by atoms with van der Waals surface area (Å²) in [7, 11) is 0. The van der Waals surface area contributed by atoms with E-state index in [1.165, 1.54) is 11.3 Å². The van der Waals surface area contributed by atoms with E-state index >= 15 is 0 Å². The van der Waals surface area contributed by atoms with Gasteiger partial charge in [0.05, 0.1) is 5.56 Å². The topological polar surface area (TPSA) is 67.9 Å². The van der Waals surface area contributed by atoms with Gasteiger partial charge in [-0.3, -0.25) is 0 Å². The Balaban J connectivity index is 1.96. The fraction of sp³-hybridized carbons (Fsp3) is 0. The van der Waals surface area contributed by atoms with Crippen LogP contribution in [0.25, 0.3) is 11.0 Å². The second-order valence-corrected chi connectivity index (χ2v) is 4.15. The highest BCUT2D eigenvalue weighted by molar-refractivity contribution is 7.11. The first-order valence-electron chi connectivity index (χ1n) is 4.88. The van der Waals surface area contributed by atoms with Crippen molar-refractivity contribution in [3.05, 3.63) is 41.7 Å². The maximum Gasteiger partial charge on any atom is 0.347 e. The van der Waals surface area contributed by atoms with E-state index in [0.29, 0.717) is 16.4 Å². The number of hydrogen-bond acceptors (Lipinski definition) is 5. The van der Waals surface area contributed by atoms with Crippen molar-refractivity contribution in [1.29, 1.82) is 0 Å². The van der Waals surface area contributed by atoms with Gasteiger partial charge < -0.3 is 9.72 Å². The Hall–Kier alpha value is -2.21. The van der Waals surface area contributed by atoms with E-state index in [4.69, 9.17) is 4.74 Å². The number of nitrogens with one attached hydrogen (secondary N) is 1. The minimum atomic E-state index is -0.431. The second-order valence-electron chi connectivity index (χ2n) is 3.29. The van der Waals surface area contributed by atoms with E-state index in [9.17, 15) is 4.79 Å². The fourth-order valence-electron chi connectivity index (χ4n) is 1.52. The molecule has 6 heteroatoms. The van der Waals surface area contributed by atoms with Crippen LogP contribution >= 0.6 is 11.3 Å². The highest BCUT2D eigenvalue weighted by Crippen LogP contribution is 2.20. The molecule has 0 saturated heterocycles. The van der Waals surface area contributed by atoms with Gasteiger partial charge in [0.1, 0.15) is 5.65 Å². The molecule has 0 aliphatic carbocycles. The van der Waals surface area contributed by atoms with Gasteiger partial charge in [-0.05, 0) is 12.1 Å².